The van der Waals surface area contributed by atoms with Gasteiger partial charge in [0.2, 0.25) is 0 Å². The maximum Gasteiger partial charge on any atom is 0.139 e. The van der Waals surface area contributed by atoms with Gasteiger partial charge in [0.1, 0.15) is 5.82 Å². The predicted molar refractivity (Wildman–Crippen MR) is 72.9 cm³/mol. The van der Waals surface area contributed by atoms with Crippen LogP contribution in [-0.2, 0) is 6.54 Å². The fraction of sp³-hybridized carbons (Fsp3) is 0.0769. The van der Waals surface area contributed by atoms with Gasteiger partial charge in [-0.2, -0.15) is 0 Å². The lowest BCUT2D eigenvalue weighted by Crippen LogP contribution is -2.00. The number of rotatable bonds is 3. The first-order valence-electron chi connectivity index (χ1n) is 5.09. The average molecular weight is 315 g/mol. The predicted octanol–water partition coefficient (Wildman–Crippen LogP) is 4.85. The number of anilines is 1. The van der Waals surface area contributed by atoms with Crippen LogP contribution in [0.25, 0.3) is 0 Å². The maximum atomic E-state index is 13.3. The van der Waals surface area contributed by atoms with Crippen molar-refractivity contribution >= 4 is 33.2 Å². The molecule has 0 radical (unpaired) electrons. The molecule has 0 saturated carbocycles. The third-order valence-corrected chi connectivity index (χ3v) is 3.37. The lowest BCUT2D eigenvalue weighted by atomic mass is 10.2. The van der Waals surface area contributed by atoms with Crippen LogP contribution in [0.2, 0.25) is 5.02 Å². The SMILES string of the molecule is Fc1cc(NCc2ccccc2Cl)ccc1Br. The molecule has 0 aromatic heterocycles. The van der Waals surface area contributed by atoms with Crippen LogP contribution in [0.5, 0.6) is 0 Å². The fourth-order valence-corrected chi connectivity index (χ4v) is 1.89. The highest BCUT2D eigenvalue weighted by molar-refractivity contribution is 9.10. The Kier molecular flexibility index (Phi) is 4.02. The highest BCUT2D eigenvalue weighted by atomic mass is 79.9. The zero-order valence-corrected chi connectivity index (χ0v) is 11.2. The summed E-state index contributed by atoms with van der Waals surface area (Å²) in [6.07, 6.45) is 0. The minimum absolute atomic E-state index is 0.283. The van der Waals surface area contributed by atoms with E-state index in [1.165, 1.54) is 6.07 Å². The van der Waals surface area contributed by atoms with Crippen LogP contribution < -0.4 is 5.32 Å². The molecule has 0 heterocycles. The minimum atomic E-state index is -0.283. The van der Waals surface area contributed by atoms with Crippen LogP contribution >= 0.6 is 27.5 Å². The highest BCUT2D eigenvalue weighted by Crippen LogP contribution is 2.21. The van der Waals surface area contributed by atoms with Gasteiger partial charge in [0.05, 0.1) is 4.47 Å². The van der Waals surface area contributed by atoms with Gasteiger partial charge in [0.25, 0.3) is 0 Å². The Hall–Kier alpha value is -1.06. The number of halogens is 3. The Bertz CT molecular complexity index is 531. The van der Waals surface area contributed by atoms with E-state index in [2.05, 4.69) is 21.2 Å². The van der Waals surface area contributed by atoms with E-state index in [1.807, 2.05) is 30.3 Å². The van der Waals surface area contributed by atoms with Gasteiger partial charge in [0, 0.05) is 17.3 Å². The summed E-state index contributed by atoms with van der Waals surface area (Å²) in [6.45, 7) is 0.570. The number of hydrogen-bond donors (Lipinski definition) is 1. The van der Waals surface area contributed by atoms with Crippen molar-refractivity contribution in [1.82, 2.24) is 0 Å². The van der Waals surface area contributed by atoms with E-state index in [-0.39, 0.29) is 5.82 Å². The van der Waals surface area contributed by atoms with Crippen molar-refractivity contribution in [3.63, 3.8) is 0 Å². The first-order valence-corrected chi connectivity index (χ1v) is 6.26. The highest BCUT2D eigenvalue weighted by Gasteiger charge is 2.02. The maximum absolute atomic E-state index is 13.3. The topological polar surface area (TPSA) is 12.0 Å². The zero-order chi connectivity index (χ0) is 12.3. The lowest BCUT2D eigenvalue weighted by Gasteiger charge is -2.08. The van der Waals surface area contributed by atoms with Crippen LogP contribution in [0.1, 0.15) is 5.56 Å². The molecule has 2 rings (SSSR count). The molecule has 2 aromatic rings. The lowest BCUT2D eigenvalue weighted by molar-refractivity contribution is 0.621. The largest absolute Gasteiger partial charge is 0.381 e. The summed E-state index contributed by atoms with van der Waals surface area (Å²) in [5, 5.41) is 3.83. The van der Waals surface area contributed by atoms with E-state index in [0.29, 0.717) is 16.0 Å². The van der Waals surface area contributed by atoms with Crippen molar-refractivity contribution in [2.75, 3.05) is 5.32 Å². The van der Waals surface area contributed by atoms with Crippen molar-refractivity contribution in [1.29, 1.82) is 0 Å². The van der Waals surface area contributed by atoms with Crippen LogP contribution in [0, 0.1) is 5.82 Å². The molecule has 4 heteroatoms. The van der Waals surface area contributed by atoms with Crippen molar-refractivity contribution in [2.24, 2.45) is 0 Å². The summed E-state index contributed by atoms with van der Waals surface area (Å²) < 4.78 is 13.7. The number of nitrogens with one attached hydrogen (secondary N) is 1. The molecule has 0 aliphatic heterocycles. The molecule has 88 valence electrons. The first-order chi connectivity index (χ1) is 8.16. The molecule has 2 aromatic carbocycles. The van der Waals surface area contributed by atoms with E-state index >= 15 is 0 Å². The Morgan fingerprint density at radius 3 is 2.65 bits per heavy atom. The monoisotopic (exact) mass is 313 g/mol. The zero-order valence-electron chi connectivity index (χ0n) is 8.88. The van der Waals surface area contributed by atoms with Gasteiger partial charge in [-0.1, -0.05) is 29.8 Å². The van der Waals surface area contributed by atoms with Crippen LogP contribution in [0.15, 0.2) is 46.9 Å². The molecule has 1 N–H and O–H groups in total. The molecular formula is C13H10BrClFN. The quantitative estimate of drug-likeness (QED) is 0.853. The molecular weight excluding hydrogens is 305 g/mol. The smallest absolute Gasteiger partial charge is 0.139 e. The van der Waals surface area contributed by atoms with Crippen LogP contribution in [-0.4, -0.2) is 0 Å². The molecule has 0 spiro atoms. The summed E-state index contributed by atoms with van der Waals surface area (Å²) in [5.41, 5.74) is 1.71. The average Bonchev–Trinajstić information content (AvgIpc) is 2.32. The van der Waals surface area contributed by atoms with Gasteiger partial charge < -0.3 is 5.32 Å². The van der Waals surface area contributed by atoms with Crippen LogP contribution in [0.4, 0.5) is 10.1 Å². The summed E-state index contributed by atoms with van der Waals surface area (Å²) in [5.74, 6) is -0.283. The van der Waals surface area contributed by atoms with E-state index in [9.17, 15) is 4.39 Å². The van der Waals surface area contributed by atoms with Gasteiger partial charge in [-0.3, -0.25) is 0 Å². The molecule has 0 amide bonds. The van der Waals surface area contributed by atoms with Gasteiger partial charge in [-0.25, -0.2) is 4.39 Å². The number of hydrogen-bond acceptors (Lipinski definition) is 1. The Labute approximate surface area is 113 Å². The van der Waals surface area contributed by atoms with Crippen molar-refractivity contribution < 1.29 is 4.39 Å². The molecule has 0 atom stereocenters. The number of benzene rings is 2. The molecule has 0 unspecified atom stereocenters. The standard InChI is InChI=1S/C13H10BrClFN/c14-11-6-5-10(7-13(11)16)17-8-9-3-1-2-4-12(9)15/h1-7,17H,8H2. The van der Waals surface area contributed by atoms with Crippen molar-refractivity contribution in [2.45, 2.75) is 6.54 Å². The second-order valence-corrected chi connectivity index (χ2v) is 4.84. The second kappa shape index (κ2) is 5.52. The molecule has 1 nitrogen and oxygen atoms in total. The minimum Gasteiger partial charge on any atom is -0.381 e. The van der Waals surface area contributed by atoms with E-state index in [4.69, 9.17) is 11.6 Å². The normalized spacial score (nSPS) is 10.3. The molecule has 17 heavy (non-hydrogen) atoms. The molecule has 0 aliphatic rings. The summed E-state index contributed by atoms with van der Waals surface area (Å²) >= 11 is 9.14. The van der Waals surface area contributed by atoms with Gasteiger partial charge in [0.15, 0.2) is 0 Å². The Balaban J connectivity index is 2.08. The summed E-state index contributed by atoms with van der Waals surface area (Å²) in [6, 6.07) is 12.5. The van der Waals surface area contributed by atoms with Crippen LogP contribution in [0.3, 0.4) is 0 Å². The van der Waals surface area contributed by atoms with E-state index < -0.39 is 0 Å². The second-order valence-electron chi connectivity index (χ2n) is 3.57. The van der Waals surface area contributed by atoms with E-state index in [0.717, 1.165) is 11.3 Å². The Morgan fingerprint density at radius 1 is 1.18 bits per heavy atom. The third kappa shape index (κ3) is 3.20. The first kappa shape index (κ1) is 12.4. The Morgan fingerprint density at radius 2 is 1.94 bits per heavy atom. The summed E-state index contributed by atoms with van der Waals surface area (Å²) in [4.78, 5) is 0. The molecule has 0 fully saturated rings. The van der Waals surface area contributed by atoms with Gasteiger partial charge in [-0.15, -0.1) is 0 Å². The molecule has 0 saturated heterocycles. The molecule has 0 aliphatic carbocycles. The third-order valence-electron chi connectivity index (χ3n) is 2.36. The summed E-state index contributed by atoms with van der Waals surface area (Å²) in [7, 11) is 0. The van der Waals surface area contributed by atoms with E-state index in [1.54, 1.807) is 6.07 Å². The molecule has 0 bridgehead atoms. The van der Waals surface area contributed by atoms with Gasteiger partial charge >= 0.3 is 0 Å². The van der Waals surface area contributed by atoms with Crippen molar-refractivity contribution in [3.05, 3.63) is 63.3 Å². The fourth-order valence-electron chi connectivity index (χ4n) is 1.45. The van der Waals surface area contributed by atoms with Crippen molar-refractivity contribution in [3.8, 4) is 0 Å². The van der Waals surface area contributed by atoms with Gasteiger partial charge in [-0.05, 0) is 45.8 Å².